The van der Waals surface area contributed by atoms with E-state index in [0.29, 0.717) is 18.7 Å². The molecule has 0 aromatic heterocycles. The Labute approximate surface area is 243 Å². The summed E-state index contributed by atoms with van der Waals surface area (Å²) in [7, 11) is -2.21. The third kappa shape index (κ3) is 7.23. The number of para-hydroxylation sites is 1. The van der Waals surface area contributed by atoms with Crippen molar-refractivity contribution in [1.29, 1.82) is 0 Å². The third-order valence-corrected chi connectivity index (χ3v) is 8.60. The third-order valence-electron chi connectivity index (χ3n) is 7.21. The van der Waals surface area contributed by atoms with E-state index in [0.717, 1.165) is 12.1 Å². The van der Waals surface area contributed by atoms with Gasteiger partial charge in [0.05, 0.1) is 34.4 Å². The van der Waals surface area contributed by atoms with E-state index in [9.17, 15) is 31.5 Å². The summed E-state index contributed by atoms with van der Waals surface area (Å²) in [6, 6.07) is 16.8. The number of aliphatic hydroxyl groups excluding tert-OH is 1. The molecule has 0 saturated heterocycles. The number of rotatable bonds is 9. The highest BCUT2D eigenvalue weighted by molar-refractivity contribution is 7.92. The fraction of sp³-hybridized carbons (Fsp3) is 0.367. The van der Waals surface area contributed by atoms with Gasteiger partial charge in [-0.1, -0.05) is 43.3 Å². The molecule has 3 atom stereocenters. The van der Waals surface area contributed by atoms with Crippen LogP contribution in [0.25, 0.3) is 0 Å². The predicted octanol–water partition coefficient (Wildman–Crippen LogP) is 4.86. The molecule has 8 nitrogen and oxygen atoms in total. The second kappa shape index (κ2) is 12.7. The highest BCUT2D eigenvalue weighted by Gasteiger charge is 2.35. The van der Waals surface area contributed by atoms with Crippen molar-refractivity contribution in [3.8, 4) is 5.75 Å². The summed E-state index contributed by atoms with van der Waals surface area (Å²) < 4.78 is 74.3. The molecule has 3 aromatic rings. The van der Waals surface area contributed by atoms with Crippen molar-refractivity contribution in [2.24, 2.45) is 5.92 Å². The predicted molar refractivity (Wildman–Crippen MR) is 153 cm³/mol. The number of hydrogen-bond donors (Lipinski definition) is 2. The quantitative estimate of drug-likeness (QED) is 0.362. The number of likely N-dealkylation sites (N-methyl/N-ethyl adjacent to an activating group) is 1. The molecule has 2 N–H and O–H groups in total. The molecule has 0 spiro atoms. The zero-order valence-corrected chi connectivity index (χ0v) is 24.3. The van der Waals surface area contributed by atoms with Gasteiger partial charge >= 0.3 is 6.18 Å². The van der Waals surface area contributed by atoms with Gasteiger partial charge in [-0.3, -0.25) is 14.4 Å². The lowest BCUT2D eigenvalue weighted by molar-refractivity contribution is -0.137. The number of ether oxygens (including phenoxy) is 1. The van der Waals surface area contributed by atoms with Gasteiger partial charge in [0.15, 0.2) is 5.75 Å². The number of alkyl halides is 3. The first kappa shape index (κ1) is 31.3. The fourth-order valence-electron chi connectivity index (χ4n) is 4.83. The standard InChI is InChI=1S/C30H34F3N3O5S/c1-20-16-36(21(2)19-37)29(38)25-10-7-11-26(34-42(39,40)24-8-5-4-6-9-24)28(25)41-27(20)18-35(3)17-22-12-14-23(15-13-22)30(31,32)33/h4-15,20-21,27,34,37H,16-19H2,1-3H3/t20-,21-,27-/m0/s1. The molecule has 0 bridgehead atoms. The number of fused-ring (bicyclic) bond motifs is 1. The van der Waals surface area contributed by atoms with Gasteiger partial charge in [0.2, 0.25) is 0 Å². The largest absolute Gasteiger partial charge is 0.486 e. The number of sulfonamides is 1. The van der Waals surface area contributed by atoms with Gasteiger partial charge in [-0.25, -0.2) is 8.42 Å². The van der Waals surface area contributed by atoms with E-state index in [4.69, 9.17) is 4.74 Å². The molecule has 1 amide bonds. The first-order chi connectivity index (χ1) is 19.8. The van der Waals surface area contributed by atoms with Crippen molar-refractivity contribution in [1.82, 2.24) is 9.80 Å². The number of anilines is 1. The number of nitrogens with one attached hydrogen (secondary N) is 1. The van der Waals surface area contributed by atoms with Gasteiger partial charge < -0.3 is 14.7 Å². The van der Waals surface area contributed by atoms with Gasteiger partial charge in [0.1, 0.15) is 6.10 Å². The van der Waals surface area contributed by atoms with Crippen LogP contribution in [0.1, 0.15) is 35.3 Å². The fourth-order valence-corrected chi connectivity index (χ4v) is 5.91. The summed E-state index contributed by atoms with van der Waals surface area (Å²) >= 11 is 0. The highest BCUT2D eigenvalue weighted by Crippen LogP contribution is 2.36. The number of amides is 1. The molecule has 3 aromatic carbocycles. The van der Waals surface area contributed by atoms with E-state index >= 15 is 0 Å². The molecule has 12 heteroatoms. The molecule has 0 fully saturated rings. The lowest BCUT2D eigenvalue weighted by Crippen LogP contribution is -2.49. The molecule has 42 heavy (non-hydrogen) atoms. The number of carbonyl (C=O) groups is 1. The van der Waals surface area contributed by atoms with Crippen LogP contribution in [0.4, 0.5) is 18.9 Å². The van der Waals surface area contributed by atoms with Crippen molar-refractivity contribution in [2.75, 3.05) is 31.5 Å². The second-order valence-corrected chi connectivity index (χ2v) is 12.3. The maximum Gasteiger partial charge on any atom is 0.416 e. The van der Waals surface area contributed by atoms with Gasteiger partial charge in [-0.05, 0) is 55.9 Å². The SMILES string of the molecule is C[C@H]1CN([C@@H](C)CO)C(=O)c2cccc(NS(=O)(=O)c3ccccc3)c2O[C@H]1CN(C)Cc1ccc(C(F)(F)F)cc1. The molecule has 1 aliphatic rings. The topological polar surface area (TPSA) is 99.2 Å². The van der Waals surface area contributed by atoms with Crippen molar-refractivity contribution in [2.45, 2.75) is 43.6 Å². The second-order valence-electron chi connectivity index (χ2n) is 10.6. The van der Waals surface area contributed by atoms with Gasteiger partial charge in [-0.2, -0.15) is 13.2 Å². The van der Waals surface area contributed by atoms with E-state index in [1.165, 1.54) is 30.3 Å². The van der Waals surface area contributed by atoms with Crippen LogP contribution < -0.4 is 9.46 Å². The zero-order chi connectivity index (χ0) is 30.7. The zero-order valence-electron chi connectivity index (χ0n) is 23.5. The van der Waals surface area contributed by atoms with Crippen LogP contribution in [0.3, 0.4) is 0 Å². The Hall–Kier alpha value is -3.61. The monoisotopic (exact) mass is 605 g/mol. The lowest BCUT2D eigenvalue weighted by atomic mass is 9.99. The Morgan fingerprint density at radius 3 is 2.36 bits per heavy atom. The summed E-state index contributed by atoms with van der Waals surface area (Å²) in [4.78, 5) is 17.1. The van der Waals surface area contributed by atoms with Crippen LogP contribution in [0.2, 0.25) is 0 Å². The van der Waals surface area contributed by atoms with Crippen LogP contribution in [0.15, 0.2) is 77.7 Å². The van der Waals surface area contributed by atoms with Crippen molar-refractivity contribution in [3.63, 3.8) is 0 Å². The van der Waals surface area contributed by atoms with Crippen LogP contribution >= 0.6 is 0 Å². The minimum Gasteiger partial charge on any atom is -0.486 e. The number of halogens is 3. The minimum absolute atomic E-state index is 0.0384. The van der Waals surface area contributed by atoms with Gasteiger partial charge in [0.25, 0.3) is 15.9 Å². The molecule has 1 heterocycles. The first-order valence-electron chi connectivity index (χ1n) is 13.4. The van der Waals surface area contributed by atoms with Crippen LogP contribution in [-0.2, 0) is 22.7 Å². The number of benzene rings is 3. The highest BCUT2D eigenvalue weighted by atomic mass is 32.2. The van der Waals surface area contributed by atoms with Crippen LogP contribution in [0, 0.1) is 5.92 Å². The van der Waals surface area contributed by atoms with E-state index in [-0.39, 0.29) is 41.0 Å². The summed E-state index contributed by atoms with van der Waals surface area (Å²) in [5.74, 6) is -0.600. The number of nitrogens with zero attached hydrogens (tertiary/aromatic N) is 2. The smallest absolute Gasteiger partial charge is 0.416 e. The Morgan fingerprint density at radius 1 is 1.07 bits per heavy atom. The average Bonchev–Trinajstić information content (AvgIpc) is 2.95. The Bertz CT molecular complexity index is 1480. The molecule has 0 radical (unpaired) electrons. The molecular weight excluding hydrogens is 571 g/mol. The van der Waals surface area contributed by atoms with Crippen molar-refractivity contribution >= 4 is 21.6 Å². The van der Waals surface area contributed by atoms with Crippen LogP contribution in [0.5, 0.6) is 5.75 Å². The van der Waals surface area contributed by atoms with Crippen molar-refractivity contribution < 1.29 is 36.2 Å². The van der Waals surface area contributed by atoms with E-state index in [1.807, 2.05) is 11.8 Å². The molecule has 0 unspecified atom stereocenters. The summed E-state index contributed by atoms with van der Waals surface area (Å²) in [6.45, 7) is 4.25. The number of carbonyl (C=O) groups excluding carboxylic acids is 1. The summed E-state index contributed by atoms with van der Waals surface area (Å²) in [5.41, 5.74) is 0.179. The molecule has 0 aliphatic carbocycles. The average molecular weight is 606 g/mol. The summed E-state index contributed by atoms with van der Waals surface area (Å²) in [6.07, 6.45) is -4.97. The van der Waals surface area contributed by atoms with E-state index in [1.54, 1.807) is 49.2 Å². The molecule has 226 valence electrons. The Balaban J connectivity index is 1.66. The Kier molecular flexibility index (Phi) is 9.49. The molecule has 0 saturated carbocycles. The van der Waals surface area contributed by atoms with Gasteiger partial charge in [0, 0.05) is 25.6 Å². The maximum atomic E-state index is 13.7. The number of aliphatic hydroxyl groups is 1. The first-order valence-corrected chi connectivity index (χ1v) is 14.9. The molecule has 4 rings (SSSR count). The molecule has 1 aliphatic heterocycles. The molecular formula is C30H34F3N3O5S. The van der Waals surface area contributed by atoms with E-state index in [2.05, 4.69) is 4.72 Å². The maximum absolute atomic E-state index is 13.7. The Morgan fingerprint density at radius 2 is 1.74 bits per heavy atom. The lowest BCUT2D eigenvalue weighted by Gasteiger charge is -2.38. The number of hydrogen-bond acceptors (Lipinski definition) is 6. The normalized spacial score (nSPS) is 18.6. The van der Waals surface area contributed by atoms with E-state index < -0.39 is 39.8 Å². The minimum atomic E-state index is -4.42. The van der Waals surface area contributed by atoms with Crippen molar-refractivity contribution in [3.05, 3.63) is 89.5 Å². The summed E-state index contributed by atoms with van der Waals surface area (Å²) in [5, 5.41) is 9.88. The van der Waals surface area contributed by atoms with Gasteiger partial charge in [-0.15, -0.1) is 0 Å². The van der Waals surface area contributed by atoms with Crippen LogP contribution in [-0.4, -0.2) is 68.1 Å².